The zero-order valence-corrected chi connectivity index (χ0v) is 20.1. The number of fused-ring (bicyclic) bond motifs is 8. The molecule has 0 saturated heterocycles. The van der Waals surface area contributed by atoms with E-state index >= 15 is 0 Å². The van der Waals surface area contributed by atoms with E-state index in [1.165, 1.54) is 26.4 Å². The maximum atomic E-state index is 13.7. The van der Waals surface area contributed by atoms with Gasteiger partial charge in [0.2, 0.25) is 0 Å². The average molecular weight is 500 g/mol. The predicted molar refractivity (Wildman–Crippen MR) is 148 cm³/mol. The van der Waals surface area contributed by atoms with Crippen molar-refractivity contribution in [1.82, 2.24) is 9.97 Å². The van der Waals surface area contributed by atoms with Gasteiger partial charge in [0.05, 0.1) is 46.8 Å². The SMILES string of the molecule is COc1cc2nc3c(cc(OC)c4c(=O)c5ccccc5c(=O)c43)nc2c2c(=O)c3ccccc3c(=O)c12. The van der Waals surface area contributed by atoms with Gasteiger partial charge in [0.1, 0.15) is 22.5 Å². The normalized spacial score (nSPS) is 11.8. The van der Waals surface area contributed by atoms with Crippen molar-refractivity contribution in [1.29, 1.82) is 0 Å². The van der Waals surface area contributed by atoms with Gasteiger partial charge in [0.25, 0.3) is 0 Å². The highest BCUT2D eigenvalue weighted by Crippen LogP contribution is 2.34. The lowest BCUT2D eigenvalue weighted by molar-refractivity contribution is 0.420. The van der Waals surface area contributed by atoms with Crippen LogP contribution in [0.4, 0.5) is 0 Å². The Balaban J connectivity index is 1.78. The van der Waals surface area contributed by atoms with Crippen LogP contribution in [0.25, 0.3) is 65.2 Å². The second kappa shape index (κ2) is 7.63. The second-order valence-electron chi connectivity index (χ2n) is 9.02. The fourth-order valence-corrected chi connectivity index (χ4v) is 5.42. The van der Waals surface area contributed by atoms with Crippen LogP contribution in [0.3, 0.4) is 0 Å². The first-order valence-corrected chi connectivity index (χ1v) is 11.7. The number of rotatable bonds is 2. The predicted octanol–water partition coefficient (Wildman–Crippen LogP) is 3.73. The van der Waals surface area contributed by atoms with Crippen LogP contribution in [0.15, 0.2) is 79.8 Å². The molecule has 0 bridgehead atoms. The third-order valence-electron chi connectivity index (χ3n) is 7.13. The molecule has 0 saturated carbocycles. The van der Waals surface area contributed by atoms with Crippen molar-refractivity contribution in [2.45, 2.75) is 0 Å². The standard InChI is InChI=1S/C30H16N2O6/c1-37-19-11-17-25(23-21(19)27(33)13-7-3-5-9-15(13)29(23)35)32-18-12-20(38-2)22-24(26(18)31-17)30(36)16-10-6-4-8-14(16)28(22)34/h3-12H,1-2H3. The summed E-state index contributed by atoms with van der Waals surface area (Å²) in [4.78, 5) is 63.7. The Morgan fingerprint density at radius 2 is 0.816 bits per heavy atom. The van der Waals surface area contributed by atoms with Gasteiger partial charge in [-0.15, -0.1) is 0 Å². The molecule has 0 aliphatic heterocycles. The number of benzene rings is 6. The van der Waals surface area contributed by atoms with Crippen LogP contribution < -0.4 is 31.2 Å². The summed E-state index contributed by atoms with van der Waals surface area (Å²) in [5.41, 5.74) is -0.570. The fourth-order valence-electron chi connectivity index (χ4n) is 5.42. The molecule has 1 heterocycles. The minimum absolute atomic E-state index is 0.0851. The van der Waals surface area contributed by atoms with Crippen LogP contribution in [0.2, 0.25) is 0 Å². The summed E-state index contributed by atoms with van der Waals surface area (Å²) in [7, 11) is 2.81. The topological polar surface area (TPSA) is 113 Å². The van der Waals surface area contributed by atoms with Crippen LogP contribution in [-0.4, -0.2) is 24.2 Å². The molecule has 7 aromatic rings. The second-order valence-corrected chi connectivity index (χ2v) is 9.02. The Morgan fingerprint density at radius 3 is 1.13 bits per heavy atom. The molecule has 0 amide bonds. The first kappa shape index (κ1) is 22.0. The molecule has 6 aromatic carbocycles. The summed E-state index contributed by atoms with van der Waals surface area (Å²) in [5.74, 6) is 0.341. The maximum Gasteiger partial charge on any atom is 0.198 e. The Bertz CT molecular complexity index is 2240. The Labute approximate surface area is 212 Å². The number of methoxy groups -OCH3 is 2. The van der Waals surface area contributed by atoms with E-state index in [4.69, 9.17) is 19.4 Å². The van der Waals surface area contributed by atoms with E-state index < -0.39 is 0 Å². The van der Waals surface area contributed by atoms with E-state index in [-0.39, 0.29) is 98.4 Å². The van der Waals surface area contributed by atoms with Crippen LogP contribution in [-0.2, 0) is 0 Å². The summed E-state index contributed by atoms with van der Waals surface area (Å²) in [5, 5.41) is 1.50. The molecule has 0 spiro atoms. The molecular formula is C30H16N2O6. The van der Waals surface area contributed by atoms with Gasteiger partial charge < -0.3 is 9.47 Å². The first-order valence-electron chi connectivity index (χ1n) is 11.7. The average Bonchev–Trinajstić information content (AvgIpc) is 2.95. The minimum Gasteiger partial charge on any atom is -0.496 e. The number of hydrogen-bond acceptors (Lipinski definition) is 8. The highest BCUT2D eigenvalue weighted by atomic mass is 16.5. The van der Waals surface area contributed by atoms with Crippen molar-refractivity contribution < 1.29 is 9.47 Å². The van der Waals surface area contributed by atoms with E-state index in [1.807, 2.05) is 0 Å². The third-order valence-corrected chi connectivity index (χ3v) is 7.13. The molecule has 182 valence electrons. The van der Waals surface area contributed by atoms with Crippen LogP contribution in [0.5, 0.6) is 11.5 Å². The molecule has 0 N–H and O–H groups in total. The van der Waals surface area contributed by atoms with E-state index in [2.05, 4.69) is 0 Å². The van der Waals surface area contributed by atoms with Crippen LogP contribution in [0.1, 0.15) is 0 Å². The van der Waals surface area contributed by atoms with E-state index in [0.717, 1.165) is 0 Å². The number of nitrogens with zero attached hydrogens (tertiary/aromatic N) is 2. The monoisotopic (exact) mass is 500 g/mol. The Kier molecular flexibility index (Phi) is 4.42. The highest BCUT2D eigenvalue weighted by molar-refractivity contribution is 6.17. The van der Waals surface area contributed by atoms with Crippen molar-refractivity contribution >= 4 is 65.2 Å². The molecule has 8 heteroatoms. The summed E-state index contributed by atoms with van der Waals surface area (Å²) >= 11 is 0. The Hall–Kier alpha value is -5.24. The molecule has 0 atom stereocenters. The molecule has 1 aromatic heterocycles. The van der Waals surface area contributed by atoms with Gasteiger partial charge >= 0.3 is 0 Å². The molecule has 38 heavy (non-hydrogen) atoms. The Morgan fingerprint density at radius 1 is 0.500 bits per heavy atom. The quantitative estimate of drug-likeness (QED) is 0.261. The highest BCUT2D eigenvalue weighted by Gasteiger charge is 2.23. The lowest BCUT2D eigenvalue weighted by Gasteiger charge is -2.12. The largest absolute Gasteiger partial charge is 0.496 e. The van der Waals surface area contributed by atoms with Crippen molar-refractivity contribution in [3.8, 4) is 11.5 Å². The van der Waals surface area contributed by atoms with Gasteiger partial charge in [0, 0.05) is 33.7 Å². The minimum atomic E-state index is -0.377. The van der Waals surface area contributed by atoms with Crippen LogP contribution in [0, 0.1) is 0 Å². The third kappa shape index (κ3) is 2.68. The smallest absolute Gasteiger partial charge is 0.198 e. The van der Waals surface area contributed by atoms with Gasteiger partial charge in [-0.2, -0.15) is 0 Å². The molecule has 0 radical (unpaired) electrons. The molecule has 8 nitrogen and oxygen atoms in total. The molecular weight excluding hydrogens is 484 g/mol. The van der Waals surface area contributed by atoms with Gasteiger partial charge in [-0.05, 0) is 0 Å². The van der Waals surface area contributed by atoms with Gasteiger partial charge in [-0.3, -0.25) is 19.2 Å². The molecule has 7 rings (SSSR count). The lowest BCUT2D eigenvalue weighted by atomic mass is 9.98. The van der Waals surface area contributed by atoms with Crippen LogP contribution >= 0.6 is 0 Å². The van der Waals surface area contributed by atoms with Gasteiger partial charge in [0.15, 0.2) is 21.7 Å². The molecule has 0 aliphatic rings. The van der Waals surface area contributed by atoms with E-state index in [9.17, 15) is 19.2 Å². The van der Waals surface area contributed by atoms with Crippen molar-refractivity contribution in [3.63, 3.8) is 0 Å². The van der Waals surface area contributed by atoms with Crippen molar-refractivity contribution in [3.05, 3.63) is 102 Å². The molecule has 0 unspecified atom stereocenters. The zero-order chi connectivity index (χ0) is 26.3. The van der Waals surface area contributed by atoms with E-state index in [1.54, 1.807) is 48.5 Å². The lowest BCUT2D eigenvalue weighted by Crippen LogP contribution is -2.16. The van der Waals surface area contributed by atoms with Crippen molar-refractivity contribution in [2.24, 2.45) is 0 Å². The summed E-state index contributed by atoms with van der Waals surface area (Å²) in [6.45, 7) is 0. The number of ether oxygens (including phenoxy) is 2. The molecule has 0 fully saturated rings. The van der Waals surface area contributed by atoms with Gasteiger partial charge in [-0.25, -0.2) is 9.97 Å². The number of hydrogen-bond donors (Lipinski definition) is 0. The first-order chi connectivity index (χ1) is 18.4. The summed E-state index contributed by atoms with van der Waals surface area (Å²) in [6.07, 6.45) is 0. The van der Waals surface area contributed by atoms with E-state index in [0.29, 0.717) is 0 Å². The maximum absolute atomic E-state index is 13.7. The fraction of sp³-hybridized carbons (Fsp3) is 0.0667. The summed E-state index contributed by atoms with van der Waals surface area (Å²) < 4.78 is 11.0. The number of aromatic nitrogens is 2. The van der Waals surface area contributed by atoms with Gasteiger partial charge in [-0.1, -0.05) is 48.5 Å². The van der Waals surface area contributed by atoms with Crippen molar-refractivity contribution in [2.75, 3.05) is 14.2 Å². The zero-order valence-electron chi connectivity index (χ0n) is 20.1. The summed E-state index contributed by atoms with van der Waals surface area (Å²) in [6, 6.07) is 16.2. The molecule has 0 aliphatic carbocycles.